The van der Waals surface area contributed by atoms with E-state index >= 15 is 0 Å². The molecule has 1 aliphatic heterocycles. The predicted molar refractivity (Wildman–Crippen MR) is 62.8 cm³/mol. The van der Waals surface area contributed by atoms with E-state index in [1.165, 1.54) is 17.0 Å². The van der Waals surface area contributed by atoms with E-state index in [0.29, 0.717) is 24.9 Å². The lowest BCUT2D eigenvalue weighted by molar-refractivity contribution is -0.141. The van der Waals surface area contributed by atoms with E-state index in [9.17, 15) is 14.0 Å². The number of rotatable bonds is 2. The molecular weight excluding hydrogens is 237 g/mol. The Hall–Kier alpha value is -1.91. The summed E-state index contributed by atoms with van der Waals surface area (Å²) >= 11 is 0. The van der Waals surface area contributed by atoms with E-state index in [1.807, 2.05) is 0 Å². The Morgan fingerprint density at radius 2 is 2.17 bits per heavy atom. The first kappa shape index (κ1) is 12.5. The highest BCUT2D eigenvalue weighted by atomic mass is 19.1. The highest BCUT2D eigenvalue weighted by Crippen LogP contribution is 2.22. The van der Waals surface area contributed by atoms with Crippen LogP contribution in [0.1, 0.15) is 28.8 Å². The van der Waals surface area contributed by atoms with Gasteiger partial charge in [-0.1, -0.05) is 6.07 Å². The van der Waals surface area contributed by atoms with Gasteiger partial charge >= 0.3 is 5.97 Å². The molecule has 0 bridgehead atoms. The Morgan fingerprint density at radius 3 is 2.83 bits per heavy atom. The molecule has 1 fully saturated rings. The van der Waals surface area contributed by atoms with Crippen LogP contribution in [0.2, 0.25) is 0 Å². The van der Waals surface area contributed by atoms with Crippen molar-refractivity contribution in [3.05, 3.63) is 35.1 Å². The van der Waals surface area contributed by atoms with Gasteiger partial charge in [-0.2, -0.15) is 0 Å². The maximum absolute atomic E-state index is 13.2. The van der Waals surface area contributed by atoms with Crippen LogP contribution in [0, 0.1) is 12.7 Å². The minimum Gasteiger partial charge on any atom is -0.480 e. The van der Waals surface area contributed by atoms with Crippen molar-refractivity contribution in [1.82, 2.24) is 4.90 Å². The molecule has 1 aromatic rings. The number of aliphatic carboxylic acids is 1. The van der Waals surface area contributed by atoms with E-state index in [-0.39, 0.29) is 5.56 Å². The summed E-state index contributed by atoms with van der Waals surface area (Å²) in [6.45, 7) is 2.12. The fourth-order valence-electron chi connectivity index (χ4n) is 2.25. The second-order valence-corrected chi connectivity index (χ2v) is 4.45. The van der Waals surface area contributed by atoms with Gasteiger partial charge in [-0.3, -0.25) is 4.79 Å². The first-order chi connectivity index (χ1) is 8.50. The number of nitrogens with zero attached hydrogens (tertiary/aromatic N) is 1. The quantitative estimate of drug-likeness (QED) is 0.872. The number of likely N-dealkylation sites (tertiary alicyclic amines) is 1. The average Bonchev–Trinajstić information content (AvgIpc) is 2.80. The van der Waals surface area contributed by atoms with E-state index in [0.717, 1.165) is 6.07 Å². The normalized spacial score (nSPS) is 19.0. The Balaban J connectivity index is 2.31. The Morgan fingerprint density at radius 1 is 1.44 bits per heavy atom. The van der Waals surface area contributed by atoms with Gasteiger partial charge in [0.1, 0.15) is 11.9 Å². The molecular formula is C13H14FNO3. The predicted octanol–water partition coefficient (Wildman–Crippen LogP) is 1.82. The number of hydrogen-bond donors (Lipinski definition) is 1. The molecule has 18 heavy (non-hydrogen) atoms. The summed E-state index contributed by atoms with van der Waals surface area (Å²) in [5, 5.41) is 9.04. The molecule has 1 atom stereocenters. The van der Waals surface area contributed by atoms with Crippen molar-refractivity contribution in [2.24, 2.45) is 0 Å². The maximum Gasteiger partial charge on any atom is 0.326 e. The first-order valence-corrected chi connectivity index (χ1v) is 5.80. The van der Waals surface area contributed by atoms with Crippen molar-refractivity contribution in [2.75, 3.05) is 6.54 Å². The standard InChI is InChI=1S/C13H14FNO3/c1-8-4-5-9(14)7-10(8)12(16)15-6-2-3-11(15)13(17)18/h4-5,7,11H,2-3,6H2,1H3,(H,17,18). The average molecular weight is 251 g/mol. The van der Waals surface area contributed by atoms with Crippen LogP contribution in [-0.2, 0) is 4.79 Å². The van der Waals surface area contributed by atoms with Crippen LogP contribution in [0.15, 0.2) is 18.2 Å². The first-order valence-electron chi connectivity index (χ1n) is 5.80. The molecule has 4 nitrogen and oxygen atoms in total. The van der Waals surface area contributed by atoms with Gasteiger partial charge in [-0.05, 0) is 37.5 Å². The summed E-state index contributed by atoms with van der Waals surface area (Å²) in [4.78, 5) is 24.6. The SMILES string of the molecule is Cc1ccc(F)cc1C(=O)N1CCCC1C(=O)O. The molecule has 0 radical (unpaired) electrons. The van der Waals surface area contributed by atoms with Crippen LogP contribution >= 0.6 is 0 Å². The summed E-state index contributed by atoms with van der Waals surface area (Å²) in [6.07, 6.45) is 1.12. The highest BCUT2D eigenvalue weighted by molar-refractivity contribution is 5.98. The highest BCUT2D eigenvalue weighted by Gasteiger charge is 2.34. The van der Waals surface area contributed by atoms with Crippen molar-refractivity contribution in [2.45, 2.75) is 25.8 Å². The van der Waals surface area contributed by atoms with Gasteiger partial charge in [0.25, 0.3) is 5.91 Å². The summed E-state index contributed by atoms with van der Waals surface area (Å²) in [5.41, 5.74) is 0.889. The molecule has 0 aromatic heterocycles. The third-order valence-corrected chi connectivity index (χ3v) is 3.23. The van der Waals surface area contributed by atoms with Crippen LogP contribution in [0.3, 0.4) is 0 Å². The summed E-state index contributed by atoms with van der Waals surface area (Å²) < 4.78 is 13.2. The van der Waals surface area contributed by atoms with Crippen LogP contribution in [0.4, 0.5) is 4.39 Å². The third-order valence-electron chi connectivity index (χ3n) is 3.23. The molecule has 1 saturated heterocycles. The second-order valence-electron chi connectivity index (χ2n) is 4.45. The number of carbonyl (C=O) groups is 2. The smallest absolute Gasteiger partial charge is 0.326 e. The molecule has 1 N–H and O–H groups in total. The lowest BCUT2D eigenvalue weighted by Gasteiger charge is -2.22. The number of carboxylic acids is 1. The van der Waals surface area contributed by atoms with Gasteiger partial charge in [-0.25, -0.2) is 9.18 Å². The molecule has 0 saturated carbocycles. The van der Waals surface area contributed by atoms with Gasteiger partial charge in [0.15, 0.2) is 0 Å². The number of carboxylic acid groups (broad SMARTS) is 1. The third kappa shape index (κ3) is 2.20. The van der Waals surface area contributed by atoms with Gasteiger partial charge in [-0.15, -0.1) is 0 Å². The second kappa shape index (κ2) is 4.76. The summed E-state index contributed by atoms with van der Waals surface area (Å²) in [6, 6.07) is 3.17. The Labute approximate surface area is 104 Å². The minimum atomic E-state index is -1.00. The van der Waals surface area contributed by atoms with Crippen LogP contribution in [0.25, 0.3) is 0 Å². The Bertz CT molecular complexity index is 501. The van der Waals surface area contributed by atoms with Crippen molar-refractivity contribution in [3.8, 4) is 0 Å². The van der Waals surface area contributed by atoms with Crippen LogP contribution in [-0.4, -0.2) is 34.5 Å². The van der Waals surface area contributed by atoms with Crippen molar-refractivity contribution < 1.29 is 19.1 Å². The number of amides is 1. The molecule has 5 heteroatoms. The number of halogens is 1. The molecule has 96 valence electrons. The molecule has 1 heterocycles. The monoisotopic (exact) mass is 251 g/mol. The van der Waals surface area contributed by atoms with Gasteiger partial charge in [0.2, 0.25) is 0 Å². The lowest BCUT2D eigenvalue weighted by Crippen LogP contribution is -2.40. The zero-order valence-corrected chi connectivity index (χ0v) is 10.0. The van der Waals surface area contributed by atoms with E-state index in [2.05, 4.69) is 0 Å². The van der Waals surface area contributed by atoms with Gasteiger partial charge < -0.3 is 10.0 Å². The van der Waals surface area contributed by atoms with Crippen molar-refractivity contribution in [1.29, 1.82) is 0 Å². The number of aryl methyl sites for hydroxylation is 1. The van der Waals surface area contributed by atoms with Crippen molar-refractivity contribution >= 4 is 11.9 Å². The molecule has 1 unspecified atom stereocenters. The fraction of sp³-hybridized carbons (Fsp3) is 0.385. The number of carbonyl (C=O) groups excluding carboxylic acids is 1. The fourth-order valence-corrected chi connectivity index (χ4v) is 2.25. The van der Waals surface area contributed by atoms with Gasteiger partial charge in [0.05, 0.1) is 0 Å². The van der Waals surface area contributed by atoms with Gasteiger partial charge in [0, 0.05) is 12.1 Å². The summed E-state index contributed by atoms with van der Waals surface area (Å²) in [5.74, 6) is -1.90. The number of benzene rings is 1. The van der Waals surface area contributed by atoms with E-state index in [1.54, 1.807) is 6.92 Å². The van der Waals surface area contributed by atoms with Crippen LogP contribution in [0.5, 0.6) is 0 Å². The van der Waals surface area contributed by atoms with Crippen molar-refractivity contribution in [3.63, 3.8) is 0 Å². The van der Waals surface area contributed by atoms with E-state index in [4.69, 9.17) is 5.11 Å². The topological polar surface area (TPSA) is 57.6 Å². The molecule has 0 aliphatic carbocycles. The molecule has 1 aromatic carbocycles. The van der Waals surface area contributed by atoms with Crippen LogP contribution < -0.4 is 0 Å². The zero-order chi connectivity index (χ0) is 13.3. The molecule has 2 rings (SSSR count). The molecule has 1 amide bonds. The Kier molecular flexibility index (Phi) is 3.32. The zero-order valence-electron chi connectivity index (χ0n) is 10.0. The maximum atomic E-state index is 13.2. The lowest BCUT2D eigenvalue weighted by atomic mass is 10.1. The number of hydrogen-bond acceptors (Lipinski definition) is 2. The molecule has 0 spiro atoms. The molecule has 1 aliphatic rings. The van der Waals surface area contributed by atoms with E-state index < -0.39 is 23.7 Å². The minimum absolute atomic E-state index is 0.239. The largest absolute Gasteiger partial charge is 0.480 e. The summed E-state index contributed by atoms with van der Waals surface area (Å²) in [7, 11) is 0.